The maximum absolute atomic E-state index is 13.4. The average molecular weight is 525 g/mol. The zero-order valence-electron chi connectivity index (χ0n) is 21.7. The van der Waals surface area contributed by atoms with Crippen molar-refractivity contribution in [2.45, 2.75) is 0 Å². The van der Waals surface area contributed by atoms with Gasteiger partial charge in [-0.25, -0.2) is 4.98 Å². The van der Waals surface area contributed by atoms with Crippen molar-refractivity contribution in [3.63, 3.8) is 0 Å². The number of para-hydroxylation sites is 2. The van der Waals surface area contributed by atoms with Gasteiger partial charge in [0.2, 0.25) is 0 Å². The number of methoxy groups -OCH3 is 2. The summed E-state index contributed by atoms with van der Waals surface area (Å²) in [5.74, 6) is 1.38. The fourth-order valence-electron chi connectivity index (χ4n) is 5.06. The number of aromatic amines is 2. The lowest BCUT2D eigenvalue weighted by molar-refractivity contribution is 0.0747. The molecule has 5 aromatic rings. The van der Waals surface area contributed by atoms with Crippen LogP contribution in [0.25, 0.3) is 33.3 Å². The molecule has 1 fully saturated rings. The van der Waals surface area contributed by atoms with Gasteiger partial charge in [-0.3, -0.25) is 9.59 Å². The SMILES string of the molecule is COc1cc(OC)cc(N2CCN(C(=O)c3ccc4[nH]c(-c5nc6ccccc6[nH]c5=O)c(N)c4c3)CC2)c1. The average Bonchev–Trinajstić information content (AvgIpc) is 3.31. The molecule has 198 valence electrons. The molecule has 6 rings (SSSR count). The topological polar surface area (TPSA) is 130 Å². The molecule has 3 aromatic carbocycles. The number of carbonyl (C=O) groups excluding carboxylic acids is 1. The van der Waals surface area contributed by atoms with Crippen LogP contribution in [0.15, 0.2) is 65.5 Å². The number of hydrogen-bond donors (Lipinski definition) is 3. The van der Waals surface area contributed by atoms with Crippen molar-refractivity contribution in [3.05, 3.63) is 76.6 Å². The van der Waals surface area contributed by atoms with Gasteiger partial charge in [-0.15, -0.1) is 0 Å². The summed E-state index contributed by atoms with van der Waals surface area (Å²) in [5, 5.41) is 0.673. The molecule has 1 aliphatic rings. The van der Waals surface area contributed by atoms with Crippen LogP contribution in [0.3, 0.4) is 0 Å². The number of aromatic nitrogens is 3. The number of nitrogen functional groups attached to an aromatic ring is 1. The molecular formula is C29H28N6O4. The molecule has 3 heterocycles. The Hall–Kier alpha value is -4.99. The summed E-state index contributed by atoms with van der Waals surface area (Å²) in [6.45, 7) is 2.50. The van der Waals surface area contributed by atoms with Crippen LogP contribution in [0.5, 0.6) is 11.5 Å². The minimum Gasteiger partial charge on any atom is -0.497 e. The van der Waals surface area contributed by atoms with Crippen LogP contribution in [0, 0.1) is 0 Å². The van der Waals surface area contributed by atoms with Crippen LogP contribution >= 0.6 is 0 Å². The summed E-state index contributed by atoms with van der Waals surface area (Å²) in [6.07, 6.45) is 0. The van der Waals surface area contributed by atoms with E-state index < -0.39 is 0 Å². The predicted molar refractivity (Wildman–Crippen MR) is 152 cm³/mol. The van der Waals surface area contributed by atoms with E-state index in [2.05, 4.69) is 19.9 Å². The molecule has 10 nitrogen and oxygen atoms in total. The summed E-state index contributed by atoms with van der Waals surface area (Å²) < 4.78 is 10.8. The Labute approximate surface area is 224 Å². The van der Waals surface area contributed by atoms with E-state index >= 15 is 0 Å². The number of H-pyrrole nitrogens is 2. The Morgan fingerprint density at radius 3 is 2.33 bits per heavy atom. The van der Waals surface area contributed by atoms with Crippen molar-refractivity contribution in [1.29, 1.82) is 0 Å². The van der Waals surface area contributed by atoms with Crippen molar-refractivity contribution in [2.75, 3.05) is 51.0 Å². The second-order valence-corrected chi connectivity index (χ2v) is 9.46. The van der Waals surface area contributed by atoms with Gasteiger partial charge in [0.25, 0.3) is 11.5 Å². The quantitative estimate of drug-likeness (QED) is 0.320. The Morgan fingerprint density at radius 1 is 0.897 bits per heavy atom. The lowest BCUT2D eigenvalue weighted by Crippen LogP contribution is -2.48. The number of nitrogens with zero attached hydrogens (tertiary/aromatic N) is 3. The Bertz CT molecular complexity index is 1750. The van der Waals surface area contributed by atoms with Crippen LogP contribution in [0.1, 0.15) is 10.4 Å². The molecule has 2 aromatic heterocycles. The number of rotatable bonds is 5. The Morgan fingerprint density at radius 2 is 1.62 bits per heavy atom. The van der Waals surface area contributed by atoms with Gasteiger partial charge in [0, 0.05) is 66.5 Å². The van der Waals surface area contributed by atoms with E-state index in [0.29, 0.717) is 59.5 Å². The lowest BCUT2D eigenvalue weighted by atomic mass is 10.1. The van der Waals surface area contributed by atoms with E-state index in [0.717, 1.165) is 22.7 Å². The van der Waals surface area contributed by atoms with Gasteiger partial charge < -0.3 is 35.0 Å². The van der Waals surface area contributed by atoms with Gasteiger partial charge in [-0.1, -0.05) is 12.1 Å². The zero-order valence-corrected chi connectivity index (χ0v) is 21.7. The largest absolute Gasteiger partial charge is 0.497 e. The first-order valence-corrected chi connectivity index (χ1v) is 12.6. The summed E-state index contributed by atoms with van der Waals surface area (Å²) >= 11 is 0. The smallest absolute Gasteiger partial charge is 0.276 e. The first-order chi connectivity index (χ1) is 18.9. The van der Waals surface area contributed by atoms with E-state index in [4.69, 9.17) is 15.2 Å². The predicted octanol–water partition coefficient (Wildman–Crippen LogP) is 3.63. The third-order valence-electron chi connectivity index (χ3n) is 7.19. The highest BCUT2D eigenvalue weighted by Gasteiger charge is 2.24. The zero-order chi connectivity index (χ0) is 27.1. The number of piperazine rings is 1. The number of hydrogen-bond acceptors (Lipinski definition) is 7. The number of nitrogens with one attached hydrogen (secondary N) is 2. The maximum Gasteiger partial charge on any atom is 0.276 e. The molecule has 0 bridgehead atoms. The van der Waals surface area contributed by atoms with Crippen molar-refractivity contribution in [2.24, 2.45) is 0 Å². The van der Waals surface area contributed by atoms with Crippen LogP contribution < -0.4 is 25.7 Å². The molecular weight excluding hydrogens is 496 g/mol. The van der Waals surface area contributed by atoms with E-state index in [-0.39, 0.29) is 17.2 Å². The van der Waals surface area contributed by atoms with Crippen LogP contribution in [0.2, 0.25) is 0 Å². The molecule has 1 saturated heterocycles. The summed E-state index contributed by atoms with van der Waals surface area (Å²) in [4.78, 5) is 40.9. The Kier molecular flexibility index (Phi) is 6.07. The second kappa shape index (κ2) is 9.71. The molecule has 0 aliphatic carbocycles. The number of nitrogens with two attached hydrogens (primary N) is 1. The summed E-state index contributed by atoms with van der Waals surface area (Å²) in [6, 6.07) is 18.5. The standard InChI is InChI=1S/C29H28N6O4/c1-38-19-14-18(15-20(16-19)39-2)34-9-11-35(12-10-34)29(37)17-7-8-22-21(13-17)25(30)26(31-22)27-28(36)33-24-6-4-3-5-23(24)32-27/h3-8,13-16,31H,9-12,30H2,1-2H3,(H,33,36). The molecule has 0 spiro atoms. The van der Waals surface area contributed by atoms with E-state index in [1.54, 1.807) is 32.4 Å². The van der Waals surface area contributed by atoms with Crippen molar-refractivity contribution >= 4 is 39.2 Å². The van der Waals surface area contributed by atoms with Gasteiger partial charge in [0.15, 0.2) is 5.69 Å². The molecule has 0 radical (unpaired) electrons. The normalized spacial score (nSPS) is 13.7. The fourth-order valence-corrected chi connectivity index (χ4v) is 5.06. The number of ether oxygens (including phenoxy) is 2. The third-order valence-corrected chi connectivity index (χ3v) is 7.19. The monoisotopic (exact) mass is 524 g/mol. The van der Waals surface area contributed by atoms with E-state index in [9.17, 15) is 9.59 Å². The van der Waals surface area contributed by atoms with Gasteiger partial charge in [-0.05, 0) is 30.3 Å². The fraction of sp³-hybridized carbons (Fsp3) is 0.207. The van der Waals surface area contributed by atoms with Crippen molar-refractivity contribution in [3.8, 4) is 22.9 Å². The molecule has 1 amide bonds. The van der Waals surface area contributed by atoms with Crippen LogP contribution in [-0.4, -0.2) is 66.2 Å². The molecule has 4 N–H and O–H groups in total. The van der Waals surface area contributed by atoms with Crippen LogP contribution in [0.4, 0.5) is 11.4 Å². The molecule has 10 heteroatoms. The highest BCUT2D eigenvalue weighted by molar-refractivity contribution is 6.04. The number of carbonyl (C=O) groups is 1. The van der Waals surface area contributed by atoms with Crippen molar-refractivity contribution < 1.29 is 14.3 Å². The van der Waals surface area contributed by atoms with E-state index in [1.165, 1.54) is 0 Å². The van der Waals surface area contributed by atoms with Crippen molar-refractivity contribution in [1.82, 2.24) is 19.9 Å². The summed E-state index contributed by atoms with van der Waals surface area (Å²) in [5.41, 5.74) is 10.7. The highest BCUT2D eigenvalue weighted by Crippen LogP contribution is 2.32. The molecule has 1 aliphatic heterocycles. The summed E-state index contributed by atoms with van der Waals surface area (Å²) in [7, 11) is 3.26. The molecule has 0 saturated carbocycles. The number of fused-ring (bicyclic) bond motifs is 2. The molecule has 0 unspecified atom stereocenters. The minimum absolute atomic E-state index is 0.0661. The van der Waals surface area contributed by atoms with Gasteiger partial charge >= 0.3 is 0 Å². The first-order valence-electron chi connectivity index (χ1n) is 12.6. The maximum atomic E-state index is 13.4. The minimum atomic E-state index is -0.338. The van der Waals surface area contributed by atoms with E-state index in [1.807, 2.05) is 47.4 Å². The number of benzene rings is 3. The van der Waals surface area contributed by atoms with Crippen LogP contribution in [-0.2, 0) is 0 Å². The highest BCUT2D eigenvalue weighted by atomic mass is 16.5. The Balaban J connectivity index is 1.24. The lowest BCUT2D eigenvalue weighted by Gasteiger charge is -2.36. The third kappa shape index (κ3) is 4.39. The van der Waals surface area contributed by atoms with Gasteiger partial charge in [0.1, 0.15) is 11.5 Å². The number of amides is 1. The second-order valence-electron chi connectivity index (χ2n) is 9.46. The molecule has 0 atom stereocenters. The molecule has 39 heavy (non-hydrogen) atoms. The first kappa shape index (κ1) is 24.4. The number of anilines is 2. The van der Waals surface area contributed by atoms with Gasteiger partial charge in [0.05, 0.1) is 36.6 Å². The van der Waals surface area contributed by atoms with Gasteiger partial charge in [-0.2, -0.15) is 0 Å².